The molecule has 0 saturated heterocycles. The molecule has 0 aliphatic heterocycles. The number of aryl methyl sites for hydroxylation is 2. The van der Waals surface area contributed by atoms with Crippen molar-refractivity contribution in [3.63, 3.8) is 0 Å². The van der Waals surface area contributed by atoms with Gasteiger partial charge < -0.3 is 11.1 Å². The predicted molar refractivity (Wildman–Crippen MR) is 127 cm³/mol. The number of carbonyl (C=O) groups is 2. The zero-order valence-corrected chi connectivity index (χ0v) is 19.8. The summed E-state index contributed by atoms with van der Waals surface area (Å²) in [5.41, 5.74) is 9.98. The van der Waals surface area contributed by atoms with Gasteiger partial charge in [-0.2, -0.15) is 0 Å². The van der Waals surface area contributed by atoms with E-state index in [1.54, 1.807) is 6.07 Å². The van der Waals surface area contributed by atoms with Crippen molar-refractivity contribution in [1.82, 2.24) is 5.32 Å². The van der Waals surface area contributed by atoms with Gasteiger partial charge in [-0.15, -0.1) is 11.3 Å². The van der Waals surface area contributed by atoms with Crippen molar-refractivity contribution in [3.05, 3.63) is 50.9 Å². The van der Waals surface area contributed by atoms with Crippen LogP contribution in [0.15, 0.2) is 18.2 Å². The average Bonchev–Trinajstić information content (AvgIpc) is 2.97. The first-order valence-electron chi connectivity index (χ1n) is 10.1. The largest absolute Gasteiger partial charge is 0.365 e. The highest BCUT2D eigenvalue weighted by Gasteiger charge is 2.33. The molecule has 1 aromatic heterocycles. The molecule has 1 aliphatic rings. The average molecular weight is 444 g/mol. The van der Waals surface area contributed by atoms with Gasteiger partial charge in [0.1, 0.15) is 5.00 Å². The maximum absolute atomic E-state index is 12.6. The highest BCUT2D eigenvalue weighted by molar-refractivity contribution is 7.80. The Balaban J connectivity index is 1.79. The summed E-state index contributed by atoms with van der Waals surface area (Å²) in [6.45, 7) is 10.6. The van der Waals surface area contributed by atoms with Crippen molar-refractivity contribution in [3.8, 4) is 0 Å². The van der Waals surface area contributed by atoms with Gasteiger partial charge in [-0.25, -0.2) is 0 Å². The third kappa shape index (κ3) is 4.73. The smallest absolute Gasteiger partial charge is 0.257 e. The fourth-order valence-electron chi connectivity index (χ4n) is 4.05. The fraction of sp³-hybridized carbons (Fsp3) is 0.435. The summed E-state index contributed by atoms with van der Waals surface area (Å²) in [5, 5.41) is 6.55. The van der Waals surface area contributed by atoms with Crippen LogP contribution in [-0.4, -0.2) is 16.9 Å². The molecule has 4 N–H and O–H groups in total. The number of rotatable bonds is 3. The lowest BCUT2D eigenvalue weighted by Crippen LogP contribution is -2.34. The lowest BCUT2D eigenvalue weighted by Gasteiger charge is -2.33. The van der Waals surface area contributed by atoms with Gasteiger partial charge in [0, 0.05) is 10.4 Å². The lowest BCUT2D eigenvalue weighted by atomic mass is 9.72. The number of thiocarbonyl (C=S) groups is 1. The number of amides is 2. The quantitative estimate of drug-likeness (QED) is 0.598. The number of hydrogen-bond acceptors (Lipinski definition) is 4. The van der Waals surface area contributed by atoms with E-state index in [9.17, 15) is 9.59 Å². The molecular weight excluding hydrogens is 414 g/mol. The topological polar surface area (TPSA) is 84.2 Å². The van der Waals surface area contributed by atoms with Gasteiger partial charge in [-0.1, -0.05) is 38.5 Å². The number of thiophene rings is 1. The van der Waals surface area contributed by atoms with Gasteiger partial charge in [-0.05, 0) is 73.9 Å². The summed E-state index contributed by atoms with van der Waals surface area (Å²) in [4.78, 5) is 26.0. The molecule has 1 heterocycles. The summed E-state index contributed by atoms with van der Waals surface area (Å²) in [6.07, 6.45) is 2.78. The number of primary amides is 1. The highest BCUT2D eigenvalue weighted by Crippen LogP contribution is 2.44. The van der Waals surface area contributed by atoms with Crippen LogP contribution in [0.1, 0.15) is 69.5 Å². The second-order valence-corrected chi connectivity index (χ2v) is 10.6. The van der Waals surface area contributed by atoms with Gasteiger partial charge in [-0.3, -0.25) is 14.9 Å². The Kier molecular flexibility index (Phi) is 6.34. The van der Waals surface area contributed by atoms with Crippen LogP contribution in [0, 0.1) is 25.2 Å². The summed E-state index contributed by atoms with van der Waals surface area (Å²) >= 11 is 6.88. The van der Waals surface area contributed by atoms with E-state index in [1.807, 2.05) is 26.0 Å². The first kappa shape index (κ1) is 22.4. The molecule has 0 spiro atoms. The van der Waals surface area contributed by atoms with E-state index in [4.69, 9.17) is 18.0 Å². The zero-order chi connectivity index (χ0) is 22.2. The van der Waals surface area contributed by atoms with Crippen molar-refractivity contribution in [2.75, 3.05) is 5.32 Å². The van der Waals surface area contributed by atoms with E-state index in [1.165, 1.54) is 16.2 Å². The monoisotopic (exact) mass is 443 g/mol. The van der Waals surface area contributed by atoms with Crippen molar-refractivity contribution >= 4 is 45.5 Å². The molecule has 5 nitrogen and oxygen atoms in total. The maximum atomic E-state index is 12.6. The van der Waals surface area contributed by atoms with E-state index in [-0.39, 0.29) is 16.4 Å². The minimum Gasteiger partial charge on any atom is -0.365 e. The van der Waals surface area contributed by atoms with E-state index in [0.717, 1.165) is 36.0 Å². The summed E-state index contributed by atoms with van der Waals surface area (Å²) in [6, 6.07) is 5.63. The second-order valence-electron chi connectivity index (χ2n) is 9.10. The number of fused-ring (bicyclic) bond motifs is 1. The number of hydrogen-bond donors (Lipinski definition) is 3. The summed E-state index contributed by atoms with van der Waals surface area (Å²) in [5.74, 6) is -0.194. The molecule has 0 bridgehead atoms. The Bertz CT molecular complexity index is 1020. The molecule has 2 aromatic rings. The first-order valence-corrected chi connectivity index (χ1v) is 11.3. The molecule has 30 heavy (non-hydrogen) atoms. The number of anilines is 1. The molecule has 1 atom stereocenters. The van der Waals surface area contributed by atoms with Crippen LogP contribution >= 0.6 is 23.6 Å². The molecule has 3 rings (SSSR count). The summed E-state index contributed by atoms with van der Waals surface area (Å²) in [7, 11) is 0. The van der Waals surface area contributed by atoms with Crippen LogP contribution in [0.2, 0.25) is 0 Å². The molecule has 0 unspecified atom stereocenters. The number of nitrogens with one attached hydrogen (secondary N) is 2. The van der Waals surface area contributed by atoms with Crippen LogP contribution in [0.25, 0.3) is 0 Å². The normalized spacial score (nSPS) is 16.0. The van der Waals surface area contributed by atoms with Crippen LogP contribution in [0.5, 0.6) is 0 Å². The minimum atomic E-state index is -0.465. The molecular formula is C23H29N3O2S2. The molecule has 7 heteroatoms. The number of benzene rings is 1. The van der Waals surface area contributed by atoms with E-state index in [0.29, 0.717) is 22.0 Å². The third-order valence-corrected chi connectivity index (χ3v) is 7.19. The molecule has 1 aromatic carbocycles. The van der Waals surface area contributed by atoms with Crippen molar-refractivity contribution < 1.29 is 9.59 Å². The first-order chi connectivity index (χ1) is 14.0. The predicted octanol–water partition coefficient (Wildman–Crippen LogP) is 4.74. The van der Waals surface area contributed by atoms with Crippen LogP contribution in [-0.2, 0) is 12.8 Å². The van der Waals surface area contributed by atoms with E-state index >= 15 is 0 Å². The molecule has 1 aliphatic carbocycles. The van der Waals surface area contributed by atoms with Crippen LogP contribution in [0.3, 0.4) is 0 Å². The fourth-order valence-corrected chi connectivity index (χ4v) is 5.64. The molecule has 2 amide bonds. The van der Waals surface area contributed by atoms with E-state index in [2.05, 4.69) is 31.4 Å². The van der Waals surface area contributed by atoms with Gasteiger partial charge >= 0.3 is 0 Å². The van der Waals surface area contributed by atoms with Crippen molar-refractivity contribution in [1.29, 1.82) is 0 Å². The standard InChI is InChI=1S/C23H29N3O2S2/c1-12-6-8-15(13(2)10-12)20(28)25-22(29)26-21-18(19(24)27)16-9-7-14(23(3,4)5)11-17(16)30-21/h6,8,10,14H,7,9,11H2,1-5H3,(H2,24,27)(H2,25,26,28,29)/t14-/m0/s1. The van der Waals surface area contributed by atoms with Gasteiger partial charge in [0.25, 0.3) is 11.8 Å². The van der Waals surface area contributed by atoms with Gasteiger partial charge in [0.15, 0.2) is 5.11 Å². The van der Waals surface area contributed by atoms with Crippen LogP contribution < -0.4 is 16.4 Å². The number of carbonyl (C=O) groups excluding carboxylic acids is 2. The molecule has 0 radical (unpaired) electrons. The maximum Gasteiger partial charge on any atom is 0.257 e. The Morgan fingerprint density at radius 3 is 2.53 bits per heavy atom. The molecule has 0 fully saturated rings. The third-order valence-electron chi connectivity index (χ3n) is 5.82. The Hall–Kier alpha value is -2.25. The van der Waals surface area contributed by atoms with Gasteiger partial charge in [0.05, 0.1) is 5.56 Å². The highest BCUT2D eigenvalue weighted by atomic mass is 32.1. The SMILES string of the molecule is Cc1ccc(C(=O)NC(=S)Nc2sc3c(c2C(N)=O)CC[C@H](C(C)(C)C)C3)c(C)c1. The van der Waals surface area contributed by atoms with Gasteiger partial charge in [0.2, 0.25) is 0 Å². The number of nitrogens with two attached hydrogens (primary N) is 1. The lowest BCUT2D eigenvalue weighted by molar-refractivity contribution is 0.0975. The van der Waals surface area contributed by atoms with E-state index < -0.39 is 5.91 Å². The Morgan fingerprint density at radius 2 is 1.93 bits per heavy atom. The Morgan fingerprint density at radius 1 is 1.23 bits per heavy atom. The molecule has 0 saturated carbocycles. The second kappa shape index (κ2) is 8.47. The van der Waals surface area contributed by atoms with Crippen molar-refractivity contribution in [2.45, 2.75) is 53.9 Å². The Labute approximate surface area is 187 Å². The minimum absolute atomic E-state index is 0.161. The van der Waals surface area contributed by atoms with Crippen LogP contribution in [0.4, 0.5) is 5.00 Å². The molecule has 160 valence electrons. The zero-order valence-electron chi connectivity index (χ0n) is 18.1. The summed E-state index contributed by atoms with van der Waals surface area (Å²) < 4.78 is 0. The van der Waals surface area contributed by atoms with Crippen molar-refractivity contribution in [2.24, 2.45) is 17.1 Å².